The molecule has 0 saturated carbocycles. The van der Waals surface area contributed by atoms with Crippen LogP contribution in [0.3, 0.4) is 0 Å². The lowest BCUT2D eigenvalue weighted by Gasteiger charge is -2.15. The predicted molar refractivity (Wildman–Crippen MR) is 85.0 cm³/mol. The molecule has 4 nitrogen and oxygen atoms in total. The molecule has 0 aromatic heterocycles. The average Bonchev–Trinajstić information content (AvgIpc) is 2.25. The number of carbonyl (C=O) groups excluding carboxylic acids is 2. The van der Waals surface area contributed by atoms with Crippen molar-refractivity contribution in [3.05, 3.63) is 43.8 Å². The Kier molecular flexibility index (Phi) is 6.22. The highest BCUT2D eigenvalue weighted by atomic mass is 79.9. The molecule has 102 valence electrons. The van der Waals surface area contributed by atoms with Crippen LogP contribution >= 0.6 is 47.8 Å². The number of primary amides is 1. The van der Waals surface area contributed by atoms with Gasteiger partial charge in [-0.2, -0.15) is 0 Å². The Morgan fingerprint density at radius 3 is 2.21 bits per heavy atom. The van der Waals surface area contributed by atoms with Crippen molar-refractivity contribution in [2.45, 2.75) is 12.5 Å². The number of hydrogen-bond donors (Lipinski definition) is 2. The number of nitrogens with two attached hydrogens (primary N) is 1. The van der Waals surface area contributed by atoms with E-state index in [-0.39, 0.29) is 12.3 Å². The second-order valence-corrected chi connectivity index (χ2v) is 6.76. The van der Waals surface area contributed by atoms with Crippen LogP contribution in [0.15, 0.2) is 38.2 Å². The first-order valence-electron chi connectivity index (χ1n) is 5.19. The Balaban J connectivity index is 2.87. The number of carbonyl (C=O) groups is 2. The van der Waals surface area contributed by atoms with Gasteiger partial charge in [-0.05, 0) is 22.7 Å². The average molecular weight is 455 g/mol. The SMILES string of the molecule is C=C(Br)C[C@H](NC(=O)c1cc(Br)cc(Br)c1)C(N)=O. The summed E-state index contributed by atoms with van der Waals surface area (Å²) in [7, 11) is 0. The van der Waals surface area contributed by atoms with Gasteiger partial charge < -0.3 is 11.1 Å². The van der Waals surface area contributed by atoms with Gasteiger partial charge in [-0.25, -0.2) is 0 Å². The fourth-order valence-corrected chi connectivity index (χ4v) is 2.99. The minimum atomic E-state index is -0.794. The van der Waals surface area contributed by atoms with Crippen molar-refractivity contribution >= 4 is 59.6 Å². The normalized spacial score (nSPS) is 11.7. The van der Waals surface area contributed by atoms with Crippen LogP contribution in [0.4, 0.5) is 0 Å². The molecule has 1 atom stereocenters. The second kappa shape index (κ2) is 7.21. The number of nitrogens with one attached hydrogen (secondary N) is 1. The van der Waals surface area contributed by atoms with Crippen molar-refractivity contribution < 1.29 is 9.59 Å². The maximum atomic E-state index is 12.0. The smallest absolute Gasteiger partial charge is 0.252 e. The summed E-state index contributed by atoms with van der Waals surface area (Å²) in [5.41, 5.74) is 5.66. The van der Waals surface area contributed by atoms with Gasteiger partial charge >= 0.3 is 0 Å². The summed E-state index contributed by atoms with van der Waals surface area (Å²) >= 11 is 9.73. The summed E-state index contributed by atoms with van der Waals surface area (Å²) in [6.45, 7) is 3.63. The fraction of sp³-hybridized carbons (Fsp3) is 0.167. The third-order valence-electron chi connectivity index (χ3n) is 2.20. The van der Waals surface area contributed by atoms with Gasteiger partial charge in [-0.3, -0.25) is 9.59 Å². The van der Waals surface area contributed by atoms with E-state index in [1.807, 2.05) is 6.07 Å². The molecule has 0 heterocycles. The lowest BCUT2D eigenvalue weighted by atomic mass is 10.1. The number of halogens is 3. The zero-order valence-electron chi connectivity index (χ0n) is 9.75. The summed E-state index contributed by atoms with van der Waals surface area (Å²) < 4.78 is 2.10. The number of amides is 2. The molecule has 0 radical (unpaired) electrons. The van der Waals surface area contributed by atoms with Crippen LogP contribution in [0.5, 0.6) is 0 Å². The van der Waals surface area contributed by atoms with Crippen LogP contribution in [0, 0.1) is 0 Å². The molecule has 3 N–H and O–H groups in total. The van der Waals surface area contributed by atoms with Crippen LogP contribution in [0.25, 0.3) is 0 Å². The Bertz CT molecular complexity index is 511. The summed E-state index contributed by atoms with van der Waals surface area (Å²) in [6, 6.07) is 4.32. The molecule has 0 bridgehead atoms. The minimum Gasteiger partial charge on any atom is -0.368 e. The summed E-state index contributed by atoms with van der Waals surface area (Å²) in [5, 5.41) is 2.57. The first-order valence-corrected chi connectivity index (χ1v) is 7.57. The Hall–Kier alpha value is -0.660. The van der Waals surface area contributed by atoms with E-state index in [0.29, 0.717) is 10.0 Å². The molecule has 0 spiro atoms. The van der Waals surface area contributed by atoms with E-state index in [0.717, 1.165) is 8.95 Å². The van der Waals surface area contributed by atoms with Crippen molar-refractivity contribution in [2.24, 2.45) is 5.73 Å². The van der Waals surface area contributed by atoms with Gasteiger partial charge in [0.25, 0.3) is 5.91 Å². The molecule has 1 rings (SSSR count). The molecule has 1 aromatic carbocycles. The van der Waals surface area contributed by atoms with Gasteiger partial charge in [-0.15, -0.1) is 0 Å². The molecule has 7 heteroatoms. The molecule has 0 unspecified atom stereocenters. The van der Waals surface area contributed by atoms with Gasteiger partial charge in [0.1, 0.15) is 6.04 Å². The predicted octanol–water partition coefficient (Wildman–Crippen LogP) is 3.09. The topological polar surface area (TPSA) is 72.2 Å². The number of benzene rings is 1. The monoisotopic (exact) mass is 452 g/mol. The summed E-state index contributed by atoms with van der Waals surface area (Å²) in [6.07, 6.45) is 0.246. The molecule has 2 amide bonds. The summed E-state index contributed by atoms with van der Waals surface area (Å²) in [5.74, 6) is -0.984. The largest absolute Gasteiger partial charge is 0.368 e. The third kappa shape index (κ3) is 5.46. The van der Waals surface area contributed by atoms with E-state index >= 15 is 0 Å². The molecular formula is C12H11Br3N2O2. The highest BCUT2D eigenvalue weighted by Gasteiger charge is 2.19. The van der Waals surface area contributed by atoms with Gasteiger partial charge in [-0.1, -0.05) is 54.4 Å². The zero-order valence-corrected chi connectivity index (χ0v) is 14.5. The molecule has 0 aliphatic heterocycles. The van der Waals surface area contributed by atoms with E-state index in [1.54, 1.807) is 12.1 Å². The van der Waals surface area contributed by atoms with Crippen molar-refractivity contribution in [3.8, 4) is 0 Å². The molecule has 19 heavy (non-hydrogen) atoms. The number of rotatable bonds is 5. The van der Waals surface area contributed by atoms with E-state index in [9.17, 15) is 9.59 Å². The van der Waals surface area contributed by atoms with Gasteiger partial charge in [0.15, 0.2) is 0 Å². The Labute approximate surface area is 136 Å². The van der Waals surface area contributed by atoms with Crippen LogP contribution in [0.1, 0.15) is 16.8 Å². The molecule has 0 aliphatic carbocycles. The standard InChI is InChI=1S/C12H11Br3N2O2/c1-6(13)2-10(11(16)18)17-12(19)7-3-8(14)5-9(15)4-7/h3-5,10H,1-2H2,(H2,16,18)(H,17,19)/t10-/m0/s1. The first kappa shape index (κ1) is 16.4. The minimum absolute atomic E-state index is 0.246. The lowest BCUT2D eigenvalue weighted by Crippen LogP contribution is -2.44. The van der Waals surface area contributed by atoms with Crippen molar-refractivity contribution in [1.82, 2.24) is 5.32 Å². The van der Waals surface area contributed by atoms with E-state index < -0.39 is 11.9 Å². The van der Waals surface area contributed by atoms with Gasteiger partial charge in [0.2, 0.25) is 5.91 Å². The quantitative estimate of drug-likeness (QED) is 0.717. The molecule has 1 aromatic rings. The van der Waals surface area contributed by atoms with E-state index in [2.05, 4.69) is 59.7 Å². The third-order valence-corrected chi connectivity index (χ3v) is 3.44. The first-order chi connectivity index (χ1) is 8.79. The summed E-state index contributed by atoms with van der Waals surface area (Å²) in [4.78, 5) is 23.3. The van der Waals surface area contributed by atoms with Crippen LogP contribution < -0.4 is 11.1 Å². The van der Waals surface area contributed by atoms with Crippen molar-refractivity contribution in [3.63, 3.8) is 0 Å². The molecule has 0 saturated heterocycles. The van der Waals surface area contributed by atoms with E-state index in [1.165, 1.54) is 0 Å². The highest BCUT2D eigenvalue weighted by Crippen LogP contribution is 2.20. The zero-order chi connectivity index (χ0) is 14.6. The van der Waals surface area contributed by atoms with Crippen LogP contribution in [-0.4, -0.2) is 17.9 Å². The lowest BCUT2D eigenvalue weighted by molar-refractivity contribution is -0.119. The van der Waals surface area contributed by atoms with Crippen molar-refractivity contribution in [2.75, 3.05) is 0 Å². The highest BCUT2D eigenvalue weighted by molar-refractivity contribution is 9.11. The van der Waals surface area contributed by atoms with Crippen LogP contribution in [0.2, 0.25) is 0 Å². The maximum absolute atomic E-state index is 12.0. The van der Waals surface area contributed by atoms with E-state index in [4.69, 9.17) is 5.73 Å². The van der Waals surface area contributed by atoms with Gasteiger partial charge in [0, 0.05) is 20.9 Å². The molecular weight excluding hydrogens is 444 g/mol. The Morgan fingerprint density at radius 1 is 1.26 bits per heavy atom. The van der Waals surface area contributed by atoms with Gasteiger partial charge in [0.05, 0.1) is 0 Å². The number of hydrogen-bond acceptors (Lipinski definition) is 2. The molecule has 0 aliphatic rings. The Morgan fingerprint density at radius 2 is 1.79 bits per heavy atom. The fourth-order valence-electron chi connectivity index (χ4n) is 1.37. The maximum Gasteiger partial charge on any atom is 0.252 e. The van der Waals surface area contributed by atoms with Crippen molar-refractivity contribution in [1.29, 1.82) is 0 Å². The van der Waals surface area contributed by atoms with Crippen LogP contribution in [-0.2, 0) is 4.79 Å². The second-order valence-electron chi connectivity index (χ2n) is 3.81. The molecule has 0 fully saturated rings.